The number of quaternary nitrogens is 3. The lowest BCUT2D eigenvalue weighted by molar-refractivity contribution is -0.920. The van der Waals surface area contributed by atoms with E-state index in [0.717, 1.165) is 77.8 Å². The first-order valence-corrected chi connectivity index (χ1v) is 24.9. The summed E-state index contributed by atoms with van der Waals surface area (Å²) < 4.78 is 26.6. The summed E-state index contributed by atoms with van der Waals surface area (Å²) in [6.07, 6.45) is 23.9. The van der Waals surface area contributed by atoms with Gasteiger partial charge < -0.3 is 32.4 Å². The van der Waals surface area contributed by atoms with Gasteiger partial charge in [0.2, 0.25) is 6.29 Å². The highest BCUT2D eigenvalue weighted by Gasteiger charge is 2.39. The lowest BCUT2D eigenvalue weighted by Crippen LogP contribution is -2.56. The highest BCUT2D eigenvalue weighted by molar-refractivity contribution is 5.71. The van der Waals surface area contributed by atoms with Crippen molar-refractivity contribution in [1.29, 1.82) is 0 Å². The first-order valence-electron chi connectivity index (χ1n) is 24.9. The number of hydrogen-bond donors (Lipinski definition) is 0. The highest BCUT2D eigenvalue weighted by Crippen LogP contribution is 2.39. The molecular formula is C50H96N3O6+3. The number of carbonyl (C=O) groups excluding carboxylic acids is 2. The molecule has 0 aromatic heterocycles. The van der Waals surface area contributed by atoms with Crippen molar-refractivity contribution < 1.29 is 42.0 Å². The smallest absolute Gasteiger partial charge is 0.362 e. The van der Waals surface area contributed by atoms with Crippen molar-refractivity contribution in [2.24, 2.45) is 23.2 Å². The van der Waals surface area contributed by atoms with Crippen LogP contribution in [0.3, 0.4) is 0 Å². The molecule has 59 heavy (non-hydrogen) atoms. The molecule has 6 rings (SSSR count). The van der Waals surface area contributed by atoms with Crippen molar-refractivity contribution >= 4 is 11.9 Å². The van der Waals surface area contributed by atoms with Crippen LogP contribution in [-0.4, -0.2) is 136 Å². The number of ether oxygens (including phenoxy) is 4. The first kappa shape index (κ1) is 50.4. The van der Waals surface area contributed by atoms with E-state index in [0.29, 0.717) is 36.4 Å². The summed E-state index contributed by atoms with van der Waals surface area (Å²) in [7, 11) is 6.77. The topological polar surface area (TPSA) is 71.1 Å². The van der Waals surface area contributed by atoms with Crippen LogP contribution in [0.15, 0.2) is 0 Å². The molecule has 2 aliphatic carbocycles. The summed E-state index contributed by atoms with van der Waals surface area (Å²) >= 11 is 0. The van der Waals surface area contributed by atoms with Gasteiger partial charge in [0.25, 0.3) is 0 Å². The second-order valence-corrected chi connectivity index (χ2v) is 23.4. The normalized spacial score (nSPS) is 31.7. The zero-order valence-electron chi connectivity index (χ0n) is 40.6. The van der Waals surface area contributed by atoms with E-state index in [9.17, 15) is 9.59 Å². The van der Waals surface area contributed by atoms with Crippen molar-refractivity contribution in [3.8, 4) is 0 Å². The maximum Gasteiger partial charge on any atom is 0.362 e. The molecule has 0 radical (unpaired) electrons. The Bertz CT molecular complexity index is 1240. The second-order valence-electron chi connectivity index (χ2n) is 23.4. The fraction of sp³-hybridized carbons (Fsp3) is 0.960. The lowest BCUT2D eigenvalue weighted by Gasteiger charge is -2.45. The molecule has 0 amide bonds. The van der Waals surface area contributed by atoms with Crippen LogP contribution in [0.1, 0.15) is 177 Å². The molecule has 6 aliphatic rings. The zero-order valence-corrected chi connectivity index (χ0v) is 40.6. The molecule has 0 aromatic rings. The Morgan fingerprint density at radius 3 is 1.61 bits per heavy atom. The van der Waals surface area contributed by atoms with Gasteiger partial charge in [-0.25, -0.2) is 9.59 Å². The predicted octanol–water partition coefficient (Wildman–Crippen LogP) is 10.1. The van der Waals surface area contributed by atoms with Crippen LogP contribution in [0.25, 0.3) is 0 Å². The van der Waals surface area contributed by atoms with Gasteiger partial charge in [-0.05, 0) is 153 Å². The number of nitrogens with zero attached hydrogens (tertiary/aromatic N) is 3. The molecule has 9 heteroatoms. The molecule has 4 unspecified atom stereocenters. The Balaban J connectivity index is 0.000000197. The Morgan fingerprint density at radius 2 is 1.14 bits per heavy atom. The van der Waals surface area contributed by atoms with Crippen LogP contribution in [0.4, 0.5) is 0 Å². The Labute approximate surface area is 363 Å². The van der Waals surface area contributed by atoms with E-state index >= 15 is 0 Å². The molecule has 4 heterocycles. The maximum absolute atomic E-state index is 12.4. The van der Waals surface area contributed by atoms with Crippen LogP contribution in [0, 0.1) is 23.2 Å². The van der Waals surface area contributed by atoms with Crippen molar-refractivity contribution in [1.82, 2.24) is 0 Å². The Kier molecular flexibility index (Phi) is 19.6. The highest BCUT2D eigenvalue weighted by atomic mass is 16.7. The third-order valence-corrected chi connectivity index (χ3v) is 15.0. The molecule has 0 N–H and O–H groups in total. The SMILES string of the molecule is CC(C)(C)C1CCC(OC(=O)C[N+]2(C)CCCCC2)CC1.CC(C)CC1CCCCC1OC(=O)C[N+]1(C)CCCCC1.CC1CC(C)(C)OC(C[N+]2(C)CCCCC2)O1. The fourth-order valence-electron chi connectivity index (χ4n) is 11.5. The van der Waals surface area contributed by atoms with E-state index in [4.69, 9.17) is 18.9 Å². The number of hydrogen-bond acceptors (Lipinski definition) is 6. The monoisotopic (exact) mass is 835 g/mol. The molecule has 4 saturated heterocycles. The van der Waals surface area contributed by atoms with Gasteiger partial charge in [-0.1, -0.05) is 41.0 Å². The van der Waals surface area contributed by atoms with Crippen LogP contribution in [-0.2, 0) is 28.5 Å². The number of esters is 2. The third-order valence-electron chi connectivity index (χ3n) is 15.0. The fourth-order valence-corrected chi connectivity index (χ4v) is 11.5. The zero-order chi connectivity index (χ0) is 43.3. The van der Waals surface area contributed by atoms with Crippen molar-refractivity contribution in [3.63, 3.8) is 0 Å². The molecular weight excluding hydrogens is 739 g/mol. The molecule has 344 valence electrons. The summed E-state index contributed by atoms with van der Waals surface area (Å²) in [6, 6.07) is 0. The van der Waals surface area contributed by atoms with Crippen molar-refractivity contribution in [2.75, 3.05) is 80.0 Å². The van der Waals surface area contributed by atoms with E-state index < -0.39 is 0 Å². The molecule has 0 bridgehead atoms. The minimum atomic E-state index is -0.0305. The van der Waals surface area contributed by atoms with Gasteiger partial charge in [-0.2, -0.15) is 0 Å². The Morgan fingerprint density at radius 1 is 0.661 bits per heavy atom. The summed E-state index contributed by atoms with van der Waals surface area (Å²) in [5.41, 5.74) is 0.360. The van der Waals surface area contributed by atoms with Gasteiger partial charge in [-0.3, -0.25) is 0 Å². The second kappa shape index (κ2) is 22.9. The van der Waals surface area contributed by atoms with Gasteiger partial charge in [0.05, 0.1) is 72.1 Å². The van der Waals surface area contributed by atoms with E-state index in [1.165, 1.54) is 109 Å². The van der Waals surface area contributed by atoms with E-state index in [1.54, 1.807) is 0 Å². The minimum absolute atomic E-state index is 0.0168. The van der Waals surface area contributed by atoms with Crippen LogP contribution in [0.2, 0.25) is 0 Å². The molecule has 6 fully saturated rings. The van der Waals surface area contributed by atoms with E-state index in [-0.39, 0.29) is 36.0 Å². The average Bonchev–Trinajstić information content (AvgIpc) is 3.12. The summed E-state index contributed by atoms with van der Waals surface area (Å²) in [6.45, 7) is 27.3. The minimum Gasteiger partial charge on any atom is -0.458 e. The van der Waals surface area contributed by atoms with Crippen molar-refractivity contribution in [2.45, 2.75) is 208 Å². The molecule has 0 spiro atoms. The largest absolute Gasteiger partial charge is 0.458 e. The number of rotatable bonds is 10. The Hall–Kier alpha value is -1.26. The lowest BCUT2D eigenvalue weighted by atomic mass is 9.72. The summed E-state index contributed by atoms with van der Waals surface area (Å²) in [5.74, 6) is 2.13. The third kappa shape index (κ3) is 18.2. The molecule has 4 aliphatic heterocycles. The number of likely N-dealkylation sites (tertiary alicyclic amines) is 3. The van der Waals surface area contributed by atoms with Crippen LogP contribution >= 0.6 is 0 Å². The molecule has 9 nitrogen and oxygen atoms in total. The van der Waals surface area contributed by atoms with Gasteiger partial charge in [0, 0.05) is 6.42 Å². The average molecular weight is 835 g/mol. The van der Waals surface area contributed by atoms with Gasteiger partial charge in [0.15, 0.2) is 13.1 Å². The van der Waals surface area contributed by atoms with E-state index in [1.807, 2.05) is 0 Å². The van der Waals surface area contributed by atoms with Gasteiger partial charge in [-0.15, -0.1) is 0 Å². The summed E-state index contributed by atoms with van der Waals surface area (Å²) in [4.78, 5) is 24.6. The number of carbonyl (C=O) groups is 2. The van der Waals surface area contributed by atoms with Gasteiger partial charge >= 0.3 is 11.9 Å². The standard InChI is InChI=1S/2C18H34NO2.C14H28NO2/c1-18(2,3)15-8-10-16(11-9-15)21-17(20)14-19(4)12-6-5-7-13-19;1-15(2)13-16-9-5-6-10-17(16)21-18(20)14-19(3)11-7-4-8-12-19;1-12-10-14(2,3)17-13(16-12)11-15(4)8-6-5-7-9-15/h15-16H,5-14H2,1-4H3;15-17H,4-14H2,1-3H3;12-13H,5-11H2,1-4H3/q3*+1. The molecule has 0 aromatic carbocycles. The van der Waals surface area contributed by atoms with Crippen LogP contribution < -0.4 is 0 Å². The number of piperidine rings is 3. The quantitative estimate of drug-likeness (QED) is 0.161. The van der Waals surface area contributed by atoms with E-state index in [2.05, 4.69) is 76.5 Å². The first-order chi connectivity index (χ1) is 27.7. The molecule has 2 saturated carbocycles. The molecule has 4 atom stereocenters. The van der Waals surface area contributed by atoms with Gasteiger partial charge in [0.1, 0.15) is 18.8 Å². The van der Waals surface area contributed by atoms with Crippen molar-refractivity contribution in [3.05, 3.63) is 0 Å². The van der Waals surface area contributed by atoms with Crippen LogP contribution in [0.5, 0.6) is 0 Å². The predicted molar refractivity (Wildman–Crippen MR) is 241 cm³/mol. The maximum atomic E-state index is 12.4. The number of likely N-dealkylation sites (N-methyl/N-ethyl adjacent to an activating group) is 3. The summed E-state index contributed by atoms with van der Waals surface area (Å²) in [5, 5.41) is 0.